The summed E-state index contributed by atoms with van der Waals surface area (Å²) in [6, 6.07) is 14.3. The maximum absolute atomic E-state index is 13.1. The zero-order valence-electron chi connectivity index (χ0n) is 19.6. The zero-order chi connectivity index (χ0) is 24.1. The van der Waals surface area contributed by atoms with Crippen LogP contribution in [0.3, 0.4) is 0 Å². The second-order valence-corrected chi connectivity index (χ2v) is 8.54. The minimum atomic E-state index is -1.07. The first-order valence-corrected chi connectivity index (χ1v) is 11.4. The Morgan fingerprint density at radius 1 is 1.00 bits per heavy atom. The Morgan fingerprint density at radius 2 is 1.55 bits per heavy atom. The Balaban J connectivity index is 1.72. The third-order valence-corrected chi connectivity index (χ3v) is 6.58. The quantitative estimate of drug-likeness (QED) is 0.593. The van der Waals surface area contributed by atoms with Gasteiger partial charge in [-0.15, -0.1) is 0 Å². The molecule has 2 N–H and O–H groups in total. The summed E-state index contributed by atoms with van der Waals surface area (Å²) in [5.74, 6) is -1.78. The van der Waals surface area contributed by atoms with Crippen LogP contribution in [0.1, 0.15) is 50.7 Å². The first-order valence-electron chi connectivity index (χ1n) is 11.4. The molecule has 1 aliphatic carbocycles. The number of carbonyl (C=O) groups is 3. The third kappa shape index (κ3) is 5.02. The topological polar surface area (TPSA) is 95.9 Å². The second kappa shape index (κ2) is 10.5. The van der Waals surface area contributed by atoms with E-state index in [1.807, 2.05) is 50.2 Å². The molecule has 176 valence electrons. The van der Waals surface area contributed by atoms with Gasteiger partial charge in [0.1, 0.15) is 18.7 Å². The van der Waals surface area contributed by atoms with Gasteiger partial charge < -0.3 is 20.1 Å². The van der Waals surface area contributed by atoms with Gasteiger partial charge in [0.25, 0.3) is 0 Å². The van der Waals surface area contributed by atoms with Crippen molar-refractivity contribution < 1.29 is 24.2 Å². The third-order valence-electron chi connectivity index (χ3n) is 6.58. The fraction of sp³-hybridized carbons (Fsp3) is 0.423. The van der Waals surface area contributed by atoms with E-state index in [1.54, 1.807) is 6.92 Å². The molecule has 0 fully saturated rings. The van der Waals surface area contributed by atoms with E-state index in [2.05, 4.69) is 17.4 Å². The van der Waals surface area contributed by atoms with Crippen molar-refractivity contribution in [3.63, 3.8) is 0 Å². The molecule has 0 aliphatic heterocycles. The molecule has 1 aliphatic rings. The highest BCUT2D eigenvalue weighted by Crippen LogP contribution is 2.44. The number of nitrogens with one attached hydrogen (secondary N) is 1. The Labute approximate surface area is 194 Å². The van der Waals surface area contributed by atoms with E-state index in [1.165, 1.54) is 11.9 Å². The van der Waals surface area contributed by atoms with Gasteiger partial charge in [-0.05, 0) is 34.6 Å². The van der Waals surface area contributed by atoms with Crippen LogP contribution in [0.4, 0.5) is 4.79 Å². The van der Waals surface area contributed by atoms with Crippen molar-refractivity contribution in [2.75, 3.05) is 13.7 Å². The van der Waals surface area contributed by atoms with Crippen molar-refractivity contribution in [3.8, 4) is 11.1 Å². The molecule has 0 heterocycles. The predicted molar refractivity (Wildman–Crippen MR) is 126 cm³/mol. The van der Waals surface area contributed by atoms with Gasteiger partial charge in [-0.3, -0.25) is 4.79 Å². The van der Waals surface area contributed by atoms with Crippen molar-refractivity contribution in [1.29, 1.82) is 0 Å². The molecule has 2 amide bonds. The summed E-state index contributed by atoms with van der Waals surface area (Å²) >= 11 is 0. The van der Waals surface area contributed by atoms with Crippen molar-refractivity contribution in [2.24, 2.45) is 5.92 Å². The highest BCUT2D eigenvalue weighted by Gasteiger charge is 2.34. The van der Waals surface area contributed by atoms with Crippen LogP contribution in [-0.4, -0.2) is 53.7 Å². The summed E-state index contributed by atoms with van der Waals surface area (Å²) in [5, 5.41) is 12.1. The van der Waals surface area contributed by atoms with E-state index in [-0.39, 0.29) is 24.9 Å². The van der Waals surface area contributed by atoms with E-state index >= 15 is 0 Å². The van der Waals surface area contributed by atoms with Gasteiger partial charge in [0.05, 0.1) is 0 Å². The molecule has 0 spiro atoms. The first-order chi connectivity index (χ1) is 15.8. The van der Waals surface area contributed by atoms with Gasteiger partial charge in [0, 0.05) is 13.0 Å². The number of aliphatic carboxylic acids is 1. The molecule has 0 bridgehead atoms. The Hall–Kier alpha value is -3.35. The van der Waals surface area contributed by atoms with E-state index in [0.717, 1.165) is 22.3 Å². The molecule has 7 nitrogen and oxygen atoms in total. The summed E-state index contributed by atoms with van der Waals surface area (Å²) in [4.78, 5) is 38.5. The number of nitrogens with zero attached hydrogens (tertiary/aromatic N) is 1. The number of carbonyl (C=O) groups excluding carboxylic acids is 2. The number of hydrogen-bond acceptors (Lipinski definition) is 4. The largest absolute Gasteiger partial charge is 0.480 e. The number of amides is 2. The summed E-state index contributed by atoms with van der Waals surface area (Å²) in [6.45, 7) is 5.62. The van der Waals surface area contributed by atoms with Crippen LogP contribution in [-0.2, 0) is 14.3 Å². The normalized spacial score (nSPS) is 15.0. The maximum atomic E-state index is 13.1. The monoisotopic (exact) mass is 452 g/mol. The Kier molecular flexibility index (Phi) is 7.74. The van der Waals surface area contributed by atoms with Crippen LogP contribution in [0.5, 0.6) is 0 Å². The SMILES string of the molecule is CCC(C)C(NC(=O)OCC1c2ccccc2-c2ccccc21)C(=O)N(C)C(CC)C(=O)O. The zero-order valence-corrected chi connectivity index (χ0v) is 19.6. The van der Waals surface area contributed by atoms with Gasteiger partial charge >= 0.3 is 12.1 Å². The number of carboxylic acid groups (broad SMARTS) is 1. The van der Waals surface area contributed by atoms with E-state index < -0.39 is 30.1 Å². The molecule has 33 heavy (non-hydrogen) atoms. The van der Waals surface area contributed by atoms with Gasteiger partial charge in [-0.25, -0.2) is 9.59 Å². The molecular formula is C26H32N2O5. The van der Waals surface area contributed by atoms with E-state index in [9.17, 15) is 19.5 Å². The smallest absolute Gasteiger partial charge is 0.407 e. The number of benzene rings is 2. The molecule has 0 radical (unpaired) electrons. The highest BCUT2D eigenvalue weighted by molar-refractivity contribution is 5.89. The molecule has 3 atom stereocenters. The van der Waals surface area contributed by atoms with Crippen LogP contribution in [0.2, 0.25) is 0 Å². The molecule has 2 aromatic rings. The lowest BCUT2D eigenvalue weighted by Gasteiger charge is -2.31. The van der Waals surface area contributed by atoms with Gasteiger partial charge in [0.15, 0.2) is 0 Å². The lowest BCUT2D eigenvalue weighted by molar-refractivity contribution is -0.150. The molecule has 0 saturated carbocycles. The maximum Gasteiger partial charge on any atom is 0.407 e. The number of alkyl carbamates (subject to hydrolysis) is 1. The van der Waals surface area contributed by atoms with Crippen LogP contribution in [0, 0.1) is 5.92 Å². The first kappa shape index (κ1) is 24.3. The molecule has 7 heteroatoms. The van der Waals surface area contributed by atoms with Crippen LogP contribution < -0.4 is 5.32 Å². The van der Waals surface area contributed by atoms with Crippen molar-refractivity contribution in [2.45, 2.75) is 51.6 Å². The summed E-state index contributed by atoms with van der Waals surface area (Å²) in [5.41, 5.74) is 4.48. The minimum Gasteiger partial charge on any atom is -0.480 e. The molecule has 0 aromatic heterocycles. The molecule has 3 rings (SSSR count). The van der Waals surface area contributed by atoms with Gasteiger partial charge in [0.2, 0.25) is 5.91 Å². The summed E-state index contributed by atoms with van der Waals surface area (Å²) in [7, 11) is 1.46. The lowest BCUT2D eigenvalue weighted by atomic mass is 9.97. The standard InChI is InChI=1S/C26H32N2O5/c1-5-16(3)23(24(29)28(4)22(6-2)25(30)31)27-26(32)33-15-21-19-13-9-7-11-17(19)18-12-8-10-14-20(18)21/h7-14,16,21-23H,5-6,15H2,1-4H3,(H,27,32)(H,30,31). The average Bonchev–Trinajstić information content (AvgIpc) is 3.14. The molecular weight excluding hydrogens is 420 g/mol. The number of likely N-dealkylation sites (N-methyl/N-ethyl adjacent to an activating group) is 1. The summed E-state index contributed by atoms with van der Waals surface area (Å²) < 4.78 is 5.59. The Morgan fingerprint density at radius 3 is 2.03 bits per heavy atom. The number of ether oxygens (including phenoxy) is 1. The second-order valence-electron chi connectivity index (χ2n) is 8.54. The van der Waals surface area contributed by atoms with Crippen molar-refractivity contribution in [1.82, 2.24) is 10.2 Å². The number of hydrogen-bond donors (Lipinski definition) is 2. The molecule has 3 unspecified atom stereocenters. The average molecular weight is 453 g/mol. The number of carboxylic acids is 1. The predicted octanol–water partition coefficient (Wildman–Crippen LogP) is 4.26. The van der Waals surface area contributed by atoms with Gasteiger partial charge in [-0.2, -0.15) is 0 Å². The minimum absolute atomic E-state index is 0.0833. The number of rotatable bonds is 9. The fourth-order valence-electron chi connectivity index (χ4n) is 4.44. The lowest BCUT2D eigenvalue weighted by Crippen LogP contribution is -2.54. The van der Waals surface area contributed by atoms with Gasteiger partial charge in [-0.1, -0.05) is 75.7 Å². The van der Waals surface area contributed by atoms with E-state index in [4.69, 9.17) is 4.74 Å². The van der Waals surface area contributed by atoms with Crippen molar-refractivity contribution >= 4 is 18.0 Å². The molecule has 0 saturated heterocycles. The van der Waals surface area contributed by atoms with Crippen LogP contribution in [0.25, 0.3) is 11.1 Å². The van der Waals surface area contributed by atoms with E-state index in [0.29, 0.717) is 6.42 Å². The highest BCUT2D eigenvalue weighted by atomic mass is 16.5. The fourth-order valence-corrected chi connectivity index (χ4v) is 4.44. The van der Waals surface area contributed by atoms with Crippen LogP contribution in [0.15, 0.2) is 48.5 Å². The molecule has 2 aromatic carbocycles. The Bertz CT molecular complexity index is 976. The van der Waals surface area contributed by atoms with Crippen LogP contribution >= 0.6 is 0 Å². The summed E-state index contributed by atoms with van der Waals surface area (Å²) in [6.07, 6.45) is 0.223. The number of fused-ring (bicyclic) bond motifs is 3. The van der Waals surface area contributed by atoms with Crippen molar-refractivity contribution in [3.05, 3.63) is 59.7 Å².